The fourth-order valence-corrected chi connectivity index (χ4v) is 2.77. The molecule has 0 unspecified atom stereocenters. The van der Waals surface area contributed by atoms with Gasteiger partial charge in [-0.2, -0.15) is 0 Å². The van der Waals surface area contributed by atoms with Crippen molar-refractivity contribution in [2.24, 2.45) is 0 Å². The van der Waals surface area contributed by atoms with E-state index < -0.39 is 0 Å². The minimum Gasteiger partial charge on any atom is -0.235 e. The predicted molar refractivity (Wildman–Crippen MR) is 77.9 cm³/mol. The van der Waals surface area contributed by atoms with Crippen LogP contribution >= 0.6 is 23.5 Å². The highest BCUT2D eigenvalue weighted by Crippen LogP contribution is 2.28. The third-order valence-electron chi connectivity index (χ3n) is 2.39. The maximum atomic E-state index is 4.59. The Morgan fingerprint density at radius 1 is 1.00 bits per heavy atom. The summed E-state index contributed by atoms with van der Waals surface area (Å²) in [5.41, 5.74) is 2.50. The quantitative estimate of drug-likeness (QED) is 0.748. The highest BCUT2D eigenvalue weighted by atomic mass is 32.2. The second kappa shape index (κ2) is 6.12. The maximum Gasteiger partial charge on any atom is 0.0979 e. The minimum atomic E-state index is 1.05. The van der Waals surface area contributed by atoms with E-state index in [-0.39, 0.29) is 0 Å². The normalized spacial score (nSPS) is 10.5. The van der Waals surface area contributed by atoms with Crippen molar-refractivity contribution in [2.75, 3.05) is 12.0 Å². The summed E-state index contributed by atoms with van der Waals surface area (Å²) in [6.07, 6.45) is 2.07. The summed E-state index contributed by atoms with van der Waals surface area (Å²) in [5.74, 6) is 1.05. The molecule has 0 atom stereocenters. The van der Waals surface area contributed by atoms with Gasteiger partial charge in [0, 0.05) is 0 Å². The van der Waals surface area contributed by atoms with E-state index in [0.29, 0.717) is 0 Å². The van der Waals surface area contributed by atoms with Crippen LogP contribution in [-0.4, -0.2) is 17.0 Å². The Balaban J connectivity index is 2.43. The number of aromatic nitrogens is 1. The van der Waals surface area contributed by atoms with Gasteiger partial charge in [0.1, 0.15) is 0 Å². The average molecular weight is 261 g/mol. The Labute approximate surface area is 111 Å². The third-order valence-corrected chi connectivity index (χ3v) is 3.81. The van der Waals surface area contributed by atoms with Crippen LogP contribution < -0.4 is 0 Å². The number of rotatable bonds is 4. The molecule has 17 heavy (non-hydrogen) atoms. The molecule has 2 aromatic rings. The van der Waals surface area contributed by atoms with Gasteiger partial charge < -0.3 is 0 Å². The Hall–Kier alpha value is -0.930. The summed E-state index contributed by atoms with van der Waals surface area (Å²) < 4.78 is 0. The lowest BCUT2D eigenvalue weighted by molar-refractivity contribution is 1.01. The monoisotopic (exact) mass is 261 g/mol. The Kier molecular flexibility index (Phi) is 4.51. The van der Waals surface area contributed by atoms with E-state index in [1.54, 1.807) is 23.5 Å². The van der Waals surface area contributed by atoms with Gasteiger partial charge in [-0.3, -0.25) is 0 Å². The fourth-order valence-electron chi connectivity index (χ4n) is 1.60. The van der Waals surface area contributed by atoms with E-state index in [2.05, 4.69) is 54.6 Å². The maximum absolute atomic E-state index is 4.59. The number of pyridine rings is 1. The van der Waals surface area contributed by atoms with Crippen LogP contribution in [0.25, 0.3) is 11.1 Å². The second-order valence-corrected chi connectivity index (χ2v) is 5.65. The lowest BCUT2D eigenvalue weighted by atomic mass is 10.1. The molecule has 88 valence electrons. The minimum absolute atomic E-state index is 1.05. The summed E-state index contributed by atoms with van der Waals surface area (Å²) in [7, 11) is 0. The number of thioether (sulfide) groups is 2. The summed E-state index contributed by atoms with van der Waals surface area (Å²) in [6.45, 7) is 2.15. The van der Waals surface area contributed by atoms with E-state index in [0.717, 1.165) is 15.8 Å². The molecule has 0 aliphatic carbocycles. The number of hydrogen-bond acceptors (Lipinski definition) is 3. The highest BCUT2D eigenvalue weighted by Gasteiger charge is 2.04. The first-order chi connectivity index (χ1) is 8.33. The van der Waals surface area contributed by atoms with E-state index in [4.69, 9.17) is 0 Å². The molecule has 0 fully saturated rings. The van der Waals surface area contributed by atoms with Gasteiger partial charge in [-0.25, -0.2) is 4.98 Å². The molecule has 0 saturated heterocycles. The van der Waals surface area contributed by atoms with Crippen molar-refractivity contribution >= 4 is 23.5 Å². The van der Waals surface area contributed by atoms with Crippen LogP contribution in [0.1, 0.15) is 6.92 Å². The van der Waals surface area contributed by atoms with Crippen LogP contribution in [0, 0.1) is 0 Å². The zero-order valence-corrected chi connectivity index (χ0v) is 11.6. The molecular formula is C14H15NS2. The smallest absolute Gasteiger partial charge is 0.0979 e. The fraction of sp³-hybridized carbons (Fsp3) is 0.214. The molecule has 2 rings (SSSR count). The number of nitrogens with zero attached hydrogens (tertiary/aromatic N) is 1. The first-order valence-corrected chi connectivity index (χ1v) is 7.79. The molecule has 0 spiro atoms. The predicted octanol–water partition coefficient (Wildman–Crippen LogP) is 4.58. The van der Waals surface area contributed by atoms with Crippen LogP contribution in [0.3, 0.4) is 0 Å². The van der Waals surface area contributed by atoms with Crippen molar-refractivity contribution < 1.29 is 0 Å². The van der Waals surface area contributed by atoms with Gasteiger partial charge in [0.25, 0.3) is 0 Å². The topological polar surface area (TPSA) is 12.9 Å². The summed E-state index contributed by atoms with van der Waals surface area (Å²) >= 11 is 3.48. The standard InChI is InChI=1S/C14H15NS2/c1-3-17-14-10-12(9-13(15-14)16-2)11-7-5-4-6-8-11/h4-10H,3H2,1-2H3. The molecule has 3 heteroatoms. The molecular weight excluding hydrogens is 246 g/mol. The molecule has 0 saturated carbocycles. The van der Waals surface area contributed by atoms with E-state index in [1.165, 1.54) is 11.1 Å². The molecule has 1 aromatic heterocycles. The van der Waals surface area contributed by atoms with Crippen molar-refractivity contribution in [3.05, 3.63) is 42.5 Å². The van der Waals surface area contributed by atoms with Crippen LogP contribution in [-0.2, 0) is 0 Å². The van der Waals surface area contributed by atoms with Crippen molar-refractivity contribution in [1.82, 2.24) is 4.98 Å². The molecule has 0 radical (unpaired) electrons. The van der Waals surface area contributed by atoms with Gasteiger partial charge >= 0.3 is 0 Å². The largest absolute Gasteiger partial charge is 0.235 e. The average Bonchev–Trinajstić information content (AvgIpc) is 2.40. The summed E-state index contributed by atoms with van der Waals surface area (Å²) in [4.78, 5) is 4.59. The molecule has 1 heterocycles. The van der Waals surface area contributed by atoms with Crippen LogP contribution in [0.2, 0.25) is 0 Å². The summed E-state index contributed by atoms with van der Waals surface area (Å²) in [5, 5.41) is 2.19. The van der Waals surface area contributed by atoms with Gasteiger partial charge in [-0.05, 0) is 35.3 Å². The Morgan fingerprint density at radius 2 is 1.71 bits per heavy atom. The third kappa shape index (κ3) is 3.27. The van der Waals surface area contributed by atoms with Crippen molar-refractivity contribution in [3.8, 4) is 11.1 Å². The summed E-state index contributed by atoms with van der Waals surface area (Å²) in [6, 6.07) is 14.8. The highest BCUT2D eigenvalue weighted by molar-refractivity contribution is 7.99. The molecule has 1 nitrogen and oxygen atoms in total. The number of benzene rings is 1. The van der Waals surface area contributed by atoms with Gasteiger partial charge in [0.15, 0.2) is 0 Å². The molecule has 1 aromatic carbocycles. The van der Waals surface area contributed by atoms with Crippen LogP contribution in [0.5, 0.6) is 0 Å². The van der Waals surface area contributed by atoms with E-state index in [9.17, 15) is 0 Å². The first kappa shape index (κ1) is 12.5. The van der Waals surface area contributed by atoms with Crippen molar-refractivity contribution in [3.63, 3.8) is 0 Å². The number of hydrogen-bond donors (Lipinski definition) is 0. The second-order valence-electron chi connectivity index (χ2n) is 3.54. The Morgan fingerprint density at radius 3 is 2.35 bits per heavy atom. The van der Waals surface area contributed by atoms with Gasteiger partial charge in [-0.1, -0.05) is 37.3 Å². The van der Waals surface area contributed by atoms with Gasteiger partial charge in [-0.15, -0.1) is 23.5 Å². The van der Waals surface area contributed by atoms with Gasteiger partial charge in [0.05, 0.1) is 10.1 Å². The lowest BCUT2D eigenvalue weighted by Gasteiger charge is -2.07. The molecule has 0 aliphatic rings. The molecule has 0 amide bonds. The zero-order chi connectivity index (χ0) is 12.1. The lowest BCUT2D eigenvalue weighted by Crippen LogP contribution is -1.87. The van der Waals surface area contributed by atoms with Crippen LogP contribution in [0.15, 0.2) is 52.5 Å². The van der Waals surface area contributed by atoms with E-state index >= 15 is 0 Å². The zero-order valence-electron chi connectivity index (χ0n) is 10.0. The molecule has 0 aliphatic heterocycles. The Bertz CT molecular complexity index is 483. The molecule has 0 N–H and O–H groups in total. The van der Waals surface area contributed by atoms with Crippen molar-refractivity contribution in [1.29, 1.82) is 0 Å². The SMILES string of the molecule is CCSc1cc(-c2ccccc2)cc(SC)n1. The van der Waals surface area contributed by atoms with Crippen LogP contribution in [0.4, 0.5) is 0 Å². The van der Waals surface area contributed by atoms with E-state index in [1.807, 2.05) is 6.07 Å². The first-order valence-electron chi connectivity index (χ1n) is 5.57. The molecule has 0 bridgehead atoms. The van der Waals surface area contributed by atoms with Gasteiger partial charge in [0.2, 0.25) is 0 Å². The van der Waals surface area contributed by atoms with Crippen molar-refractivity contribution in [2.45, 2.75) is 17.0 Å².